The van der Waals surface area contributed by atoms with Gasteiger partial charge in [0.05, 0.1) is 23.7 Å². The highest BCUT2D eigenvalue weighted by atomic mass is 32.2. The summed E-state index contributed by atoms with van der Waals surface area (Å²) in [5, 5.41) is 3.09. The second-order valence-electron chi connectivity index (χ2n) is 9.76. The molecule has 1 N–H and O–H groups in total. The Morgan fingerprint density at radius 3 is 2.30 bits per heavy atom. The van der Waals surface area contributed by atoms with Gasteiger partial charge < -0.3 is 10.1 Å². The second kappa shape index (κ2) is 11.4. The molecule has 0 heterocycles. The zero-order valence-corrected chi connectivity index (χ0v) is 22.9. The van der Waals surface area contributed by atoms with Crippen molar-refractivity contribution in [1.29, 1.82) is 0 Å². The third-order valence-corrected chi connectivity index (χ3v) is 8.79. The number of amides is 1. The summed E-state index contributed by atoms with van der Waals surface area (Å²) in [5.41, 5.74) is 5.94. The molecule has 1 aliphatic carbocycles. The first kappa shape index (κ1) is 26.7. The van der Waals surface area contributed by atoms with Gasteiger partial charge in [-0.1, -0.05) is 48.9 Å². The molecule has 1 atom stereocenters. The average Bonchev–Trinajstić information content (AvgIpc) is 2.90. The van der Waals surface area contributed by atoms with Crippen LogP contribution in [0.15, 0.2) is 65.6 Å². The maximum atomic E-state index is 13.8. The Labute approximate surface area is 220 Å². The Hall–Kier alpha value is -3.32. The van der Waals surface area contributed by atoms with E-state index in [9.17, 15) is 13.2 Å². The fraction of sp³-hybridized carbons (Fsp3) is 0.367. The number of anilines is 1. The number of carbonyl (C=O) groups excluding carboxylic acids is 1. The van der Waals surface area contributed by atoms with Crippen molar-refractivity contribution in [3.05, 3.63) is 88.5 Å². The summed E-state index contributed by atoms with van der Waals surface area (Å²) in [5.74, 6) is 0.0135. The van der Waals surface area contributed by atoms with Crippen LogP contribution in [0.4, 0.5) is 5.69 Å². The largest absolute Gasteiger partial charge is 0.495 e. The van der Waals surface area contributed by atoms with Crippen LogP contribution in [-0.2, 0) is 27.7 Å². The molecule has 0 aliphatic heterocycles. The molecule has 4 rings (SSSR count). The normalized spacial score (nSPS) is 13.9. The van der Waals surface area contributed by atoms with Gasteiger partial charge in [0.1, 0.15) is 12.3 Å². The summed E-state index contributed by atoms with van der Waals surface area (Å²) in [6.07, 6.45) is 5.26. The van der Waals surface area contributed by atoms with Crippen LogP contribution in [0.2, 0.25) is 0 Å². The lowest BCUT2D eigenvalue weighted by Crippen LogP contribution is -2.42. The average molecular weight is 521 g/mol. The summed E-state index contributed by atoms with van der Waals surface area (Å²) in [6, 6.07) is 18.2. The van der Waals surface area contributed by atoms with Crippen LogP contribution in [-0.4, -0.2) is 28.0 Å². The van der Waals surface area contributed by atoms with E-state index >= 15 is 0 Å². The zero-order chi connectivity index (χ0) is 26.6. The van der Waals surface area contributed by atoms with E-state index in [2.05, 4.69) is 23.5 Å². The number of carbonyl (C=O) groups is 1. The Morgan fingerprint density at radius 2 is 1.62 bits per heavy atom. The van der Waals surface area contributed by atoms with E-state index in [4.69, 9.17) is 4.74 Å². The third-order valence-electron chi connectivity index (χ3n) is 7.02. The van der Waals surface area contributed by atoms with Crippen molar-refractivity contribution in [3.8, 4) is 5.75 Å². The Kier molecular flexibility index (Phi) is 8.22. The van der Waals surface area contributed by atoms with E-state index in [1.165, 1.54) is 31.1 Å². The van der Waals surface area contributed by atoms with Crippen LogP contribution in [0.25, 0.3) is 0 Å². The molecule has 196 valence electrons. The van der Waals surface area contributed by atoms with Crippen LogP contribution in [0, 0.1) is 13.8 Å². The molecular weight excluding hydrogens is 484 g/mol. The van der Waals surface area contributed by atoms with Crippen molar-refractivity contribution in [2.24, 2.45) is 0 Å². The van der Waals surface area contributed by atoms with E-state index in [0.717, 1.165) is 33.8 Å². The first-order valence-corrected chi connectivity index (χ1v) is 14.3. The molecule has 0 saturated carbocycles. The topological polar surface area (TPSA) is 75.7 Å². The second-order valence-corrected chi connectivity index (χ2v) is 11.6. The summed E-state index contributed by atoms with van der Waals surface area (Å²) in [7, 11) is -2.55. The van der Waals surface area contributed by atoms with E-state index in [0.29, 0.717) is 17.9 Å². The fourth-order valence-electron chi connectivity index (χ4n) is 4.89. The number of rotatable bonds is 9. The first-order valence-electron chi connectivity index (χ1n) is 12.9. The maximum Gasteiger partial charge on any atom is 0.264 e. The van der Waals surface area contributed by atoms with Crippen molar-refractivity contribution < 1.29 is 17.9 Å². The van der Waals surface area contributed by atoms with E-state index in [-0.39, 0.29) is 23.4 Å². The number of fused-ring (bicyclic) bond motifs is 1. The van der Waals surface area contributed by atoms with Gasteiger partial charge in [-0.25, -0.2) is 8.42 Å². The van der Waals surface area contributed by atoms with Crippen molar-refractivity contribution in [2.45, 2.75) is 63.8 Å². The smallest absolute Gasteiger partial charge is 0.264 e. The zero-order valence-electron chi connectivity index (χ0n) is 22.1. The molecular formula is C30H36N2O4S. The summed E-state index contributed by atoms with van der Waals surface area (Å²) in [6.45, 7) is 5.44. The summed E-state index contributed by atoms with van der Waals surface area (Å²) < 4.78 is 34.3. The van der Waals surface area contributed by atoms with Gasteiger partial charge in [-0.2, -0.15) is 0 Å². The number of benzene rings is 3. The van der Waals surface area contributed by atoms with Gasteiger partial charge in [-0.15, -0.1) is 0 Å². The fourth-order valence-corrected chi connectivity index (χ4v) is 6.32. The van der Waals surface area contributed by atoms with E-state index in [1.807, 2.05) is 26.8 Å². The van der Waals surface area contributed by atoms with Gasteiger partial charge in [0.15, 0.2) is 0 Å². The van der Waals surface area contributed by atoms with Gasteiger partial charge >= 0.3 is 0 Å². The van der Waals surface area contributed by atoms with Crippen molar-refractivity contribution >= 4 is 21.6 Å². The summed E-state index contributed by atoms with van der Waals surface area (Å²) >= 11 is 0. The lowest BCUT2D eigenvalue weighted by atomic mass is 9.89. The number of sulfonamides is 1. The Morgan fingerprint density at radius 1 is 0.946 bits per heavy atom. The lowest BCUT2D eigenvalue weighted by molar-refractivity contribution is -0.120. The number of ether oxygens (including phenoxy) is 1. The van der Waals surface area contributed by atoms with Crippen LogP contribution in [0.3, 0.4) is 0 Å². The predicted octanol–water partition coefficient (Wildman–Crippen LogP) is 5.65. The molecule has 0 bridgehead atoms. The van der Waals surface area contributed by atoms with E-state index in [1.54, 1.807) is 36.4 Å². The van der Waals surface area contributed by atoms with Crippen LogP contribution >= 0.6 is 0 Å². The Bertz CT molecular complexity index is 1370. The maximum absolute atomic E-state index is 13.8. The molecule has 37 heavy (non-hydrogen) atoms. The molecule has 0 fully saturated rings. The molecule has 0 radical (unpaired) electrons. The number of nitrogens with zero attached hydrogens (tertiary/aromatic N) is 1. The molecule has 1 aliphatic rings. The lowest BCUT2D eigenvalue weighted by Gasteiger charge is -2.27. The minimum Gasteiger partial charge on any atom is -0.495 e. The predicted molar refractivity (Wildman–Crippen MR) is 148 cm³/mol. The third kappa shape index (κ3) is 5.99. The number of hydrogen-bond acceptors (Lipinski definition) is 4. The monoisotopic (exact) mass is 520 g/mol. The van der Waals surface area contributed by atoms with Gasteiger partial charge in [0.25, 0.3) is 10.0 Å². The van der Waals surface area contributed by atoms with E-state index < -0.39 is 10.0 Å². The van der Waals surface area contributed by atoms with Gasteiger partial charge in [-0.3, -0.25) is 9.10 Å². The molecule has 0 spiro atoms. The molecule has 3 aromatic rings. The van der Waals surface area contributed by atoms with Gasteiger partial charge in [-0.05, 0) is 92.5 Å². The van der Waals surface area contributed by atoms with Crippen molar-refractivity contribution in [3.63, 3.8) is 0 Å². The highest BCUT2D eigenvalue weighted by Crippen LogP contribution is 2.34. The minimum atomic E-state index is -4.04. The highest BCUT2D eigenvalue weighted by Gasteiger charge is 2.30. The summed E-state index contributed by atoms with van der Waals surface area (Å²) in [4.78, 5) is 13.5. The standard InChI is InChI=1S/C30H36N2O4S/c1-5-27(25-14-13-23-8-6-7-9-24(23)19-25)31-30(33)20-32(28-18-22(3)12-17-29(28)36-4)37(34,35)26-15-10-21(2)11-16-26/h10-19,27H,5-9,20H2,1-4H3,(H,31,33)/t27-/m0/s1. The van der Waals surface area contributed by atoms with Crippen molar-refractivity contribution in [1.82, 2.24) is 5.32 Å². The SMILES string of the molecule is CC[C@H](NC(=O)CN(c1cc(C)ccc1OC)S(=O)(=O)c1ccc(C)cc1)c1ccc2c(c1)CCCC2. The highest BCUT2D eigenvalue weighted by molar-refractivity contribution is 7.92. The molecule has 0 aromatic heterocycles. The van der Waals surface area contributed by atoms with Crippen LogP contribution < -0.4 is 14.4 Å². The van der Waals surface area contributed by atoms with Gasteiger partial charge in [0.2, 0.25) is 5.91 Å². The Balaban J connectivity index is 1.65. The van der Waals surface area contributed by atoms with Crippen LogP contribution in [0.1, 0.15) is 60.0 Å². The molecule has 3 aromatic carbocycles. The van der Waals surface area contributed by atoms with Gasteiger partial charge in [0, 0.05) is 0 Å². The molecule has 0 saturated heterocycles. The van der Waals surface area contributed by atoms with Crippen LogP contribution in [0.5, 0.6) is 5.75 Å². The quantitative estimate of drug-likeness (QED) is 0.395. The first-order chi connectivity index (χ1) is 17.7. The molecule has 1 amide bonds. The molecule has 7 heteroatoms. The number of methoxy groups -OCH3 is 1. The number of nitrogens with one attached hydrogen (secondary N) is 1. The number of hydrogen-bond donors (Lipinski definition) is 1. The van der Waals surface area contributed by atoms with Crippen molar-refractivity contribution in [2.75, 3.05) is 18.0 Å². The minimum absolute atomic E-state index is 0.121. The number of aryl methyl sites for hydroxylation is 4. The molecule has 6 nitrogen and oxygen atoms in total. The molecule has 0 unspecified atom stereocenters.